The summed E-state index contributed by atoms with van der Waals surface area (Å²) in [5.74, 6) is -0.357. The number of hydrogen-bond acceptors (Lipinski definition) is 4. The second-order valence-corrected chi connectivity index (χ2v) is 6.74. The van der Waals surface area contributed by atoms with Gasteiger partial charge in [0.15, 0.2) is 0 Å². The van der Waals surface area contributed by atoms with Gasteiger partial charge in [0.1, 0.15) is 5.54 Å². The molecule has 0 amide bonds. The van der Waals surface area contributed by atoms with Crippen LogP contribution in [0.3, 0.4) is 0 Å². The highest BCUT2D eigenvalue weighted by Gasteiger charge is 2.54. The van der Waals surface area contributed by atoms with Crippen LogP contribution in [0, 0.1) is 5.92 Å². The van der Waals surface area contributed by atoms with E-state index in [1.54, 1.807) is 0 Å². The summed E-state index contributed by atoms with van der Waals surface area (Å²) in [5.41, 5.74) is -0.731. The molecule has 3 fully saturated rings. The van der Waals surface area contributed by atoms with E-state index in [4.69, 9.17) is 4.74 Å². The molecule has 5 heteroatoms. The van der Waals surface area contributed by atoms with Gasteiger partial charge in [-0.15, -0.1) is 0 Å². The third-order valence-corrected chi connectivity index (χ3v) is 4.70. The molecule has 1 saturated heterocycles. The van der Waals surface area contributed by atoms with Crippen LogP contribution in [0.2, 0.25) is 0 Å². The Morgan fingerprint density at radius 1 is 1.40 bits per heavy atom. The largest absolute Gasteiger partial charge is 0.480 e. The number of aliphatic carboxylic acids is 1. The third-order valence-electron chi connectivity index (χ3n) is 4.70. The van der Waals surface area contributed by atoms with Gasteiger partial charge in [-0.05, 0) is 44.9 Å². The van der Waals surface area contributed by atoms with Crippen molar-refractivity contribution in [3.8, 4) is 0 Å². The zero-order valence-electron chi connectivity index (χ0n) is 12.3. The van der Waals surface area contributed by atoms with Crippen molar-refractivity contribution in [2.24, 2.45) is 5.92 Å². The standard InChI is InChI=1S/C15H26N2O3/c1-11-9-17(7-2-8-20-11)10-15(14(18)19,12-3-4-12)16-13-5-6-13/h11-13,16H,2-10H2,1H3,(H,18,19). The first-order valence-corrected chi connectivity index (χ1v) is 7.95. The lowest BCUT2D eigenvalue weighted by Gasteiger charge is -2.36. The molecule has 2 atom stereocenters. The van der Waals surface area contributed by atoms with Crippen molar-refractivity contribution >= 4 is 5.97 Å². The fourth-order valence-electron chi connectivity index (χ4n) is 3.34. The average molecular weight is 282 g/mol. The van der Waals surface area contributed by atoms with Crippen molar-refractivity contribution in [3.05, 3.63) is 0 Å². The average Bonchev–Trinajstić information content (AvgIpc) is 3.25. The summed E-state index contributed by atoms with van der Waals surface area (Å²) in [7, 11) is 0. The highest BCUT2D eigenvalue weighted by Crippen LogP contribution is 2.42. The minimum Gasteiger partial charge on any atom is -0.480 e. The van der Waals surface area contributed by atoms with Gasteiger partial charge in [-0.3, -0.25) is 15.0 Å². The summed E-state index contributed by atoms with van der Waals surface area (Å²) in [4.78, 5) is 14.3. The van der Waals surface area contributed by atoms with E-state index in [1.807, 2.05) is 0 Å². The third kappa shape index (κ3) is 3.15. The van der Waals surface area contributed by atoms with Gasteiger partial charge in [-0.25, -0.2) is 0 Å². The van der Waals surface area contributed by atoms with Gasteiger partial charge in [0.05, 0.1) is 6.10 Å². The second-order valence-electron chi connectivity index (χ2n) is 6.74. The molecule has 0 aromatic rings. The number of nitrogens with one attached hydrogen (secondary N) is 1. The molecule has 2 aliphatic carbocycles. The molecule has 2 saturated carbocycles. The highest BCUT2D eigenvalue weighted by atomic mass is 16.5. The lowest BCUT2D eigenvalue weighted by Crippen LogP contribution is -2.62. The molecule has 0 aromatic heterocycles. The van der Waals surface area contributed by atoms with Gasteiger partial charge in [0.2, 0.25) is 0 Å². The van der Waals surface area contributed by atoms with Crippen LogP contribution in [0.4, 0.5) is 0 Å². The SMILES string of the molecule is CC1CN(CC(NC2CC2)(C(=O)O)C2CC2)CCCO1. The number of carboxylic acids is 1. The highest BCUT2D eigenvalue weighted by molar-refractivity contribution is 5.80. The number of nitrogens with zero attached hydrogens (tertiary/aromatic N) is 1. The van der Waals surface area contributed by atoms with Crippen LogP contribution < -0.4 is 5.32 Å². The first-order valence-electron chi connectivity index (χ1n) is 7.95. The van der Waals surface area contributed by atoms with Crippen LogP contribution in [0.5, 0.6) is 0 Å². The van der Waals surface area contributed by atoms with E-state index in [0.29, 0.717) is 18.5 Å². The first kappa shape index (κ1) is 14.3. The number of ether oxygens (including phenoxy) is 1. The van der Waals surface area contributed by atoms with E-state index < -0.39 is 11.5 Å². The Hall–Kier alpha value is -0.650. The quantitative estimate of drug-likeness (QED) is 0.763. The Balaban J connectivity index is 1.72. The fourth-order valence-corrected chi connectivity index (χ4v) is 3.34. The Morgan fingerprint density at radius 2 is 2.15 bits per heavy atom. The van der Waals surface area contributed by atoms with Gasteiger partial charge >= 0.3 is 5.97 Å². The second kappa shape index (κ2) is 5.62. The topological polar surface area (TPSA) is 61.8 Å². The van der Waals surface area contributed by atoms with E-state index in [9.17, 15) is 9.90 Å². The monoisotopic (exact) mass is 282 g/mol. The summed E-state index contributed by atoms with van der Waals surface area (Å²) in [5, 5.41) is 13.3. The lowest BCUT2D eigenvalue weighted by atomic mass is 9.91. The van der Waals surface area contributed by atoms with Gasteiger partial charge in [-0.2, -0.15) is 0 Å². The molecule has 1 heterocycles. The number of rotatable bonds is 6. The molecule has 0 spiro atoms. The molecule has 20 heavy (non-hydrogen) atoms. The summed E-state index contributed by atoms with van der Waals surface area (Å²) in [6, 6.07) is 0.423. The molecule has 0 bridgehead atoms. The summed E-state index contributed by atoms with van der Waals surface area (Å²) in [6.45, 7) is 5.27. The van der Waals surface area contributed by atoms with E-state index in [-0.39, 0.29) is 6.10 Å². The van der Waals surface area contributed by atoms with Crippen LogP contribution in [-0.2, 0) is 9.53 Å². The van der Waals surface area contributed by atoms with Crippen molar-refractivity contribution in [1.82, 2.24) is 10.2 Å². The Morgan fingerprint density at radius 3 is 2.75 bits per heavy atom. The van der Waals surface area contributed by atoms with Crippen LogP contribution in [0.15, 0.2) is 0 Å². The molecule has 2 unspecified atom stereocenters. The van der Waals surface area contributed by atoms with Crippen molar-refractivity contribution in [2.75, 3.05) is 26.2 Å². The maximum atomic E-state index is 12.0. The molecule has 114 valence electrons. The van der Waals surface area contributed by atoms with Crippen LogP contribution in [0.25, 0.3) is 0 Å². The molecule has 1 aliphatic heterocycles. The molecule has 3 rings (SSSR count). The van der Waals surface area contributed by atoms with Gasteiger partial charge in [0.25, 0.3) is 0 Å². The van der Waals surface area contributed by atoms with E-state index >= 15 is 0 Å². The summed E-state index contributed by atoms with van der Waals surface area (Å²) in [6.07, 6.45) is 5.54. The Bertz CT molecular complexity index is 368. The molecule has 5 nitrogen and oxygen atoms in total. The fraction of sp³-hybridized carbons (Fsp3) is 0.933. The van der Waals surface area contributed by atoms with Crippen molar-refractivity contribution in [3.63, 3.8) is 0 Å². The van der Waals surface area contributed by atoms with Crippen molar-refractivity contribution < 1.29 is 14.6 Å². The smallest absolute Gasteiger partial charge is 0.325 e. The summed E-state index contributed by atoms with van der Waals surface area (Å²) >= 11 is 0. The van der Waals surface area contributed by atoms with Crippen LogP contribution in [-0.4, -0.2) is 59.9 Å². The van der Waals surface area contributed by atoms with Crippen LogP contribution in [0.1, 0.15) is 39.0 Å². The predicted octanol–water partition coefficient (Wildman–Crippen LogP) is 1.08. The number of carboxylic acid groups (broad SMARTS) is 1. The zero-order chi connectivity index (χ0) is 14.2. The molecular weight excluding hydrogens is 256 g/mol. The lowest BCUT2D eigenvalue weighted by molar-refractivity contribution is -0.147. The molecular formula is C15H26N2O3. The molecule has 3 aliphatic rings. The zero-order valence-corrected chi connectivity index (χ0v) is 12.3. The minimum absolute atomic E-state index is 0.198. The van der Waals surface area contributed by atoms with E-state index in [2.05, 4.69) is 17.1 Å². The van der Waals surface area contributed by atoms with Crippen LogP contribution >= 0.6 is 0 Å². The number of carbonyl (C=O) groups is 1. The molecule has 2 N–H and O–H groups in total. The normalized spacial score (nSPS) is 31.6. The maximum absolute atomic E-state index is 12.0. The minimum atomic E-state index is -0.731. The Kier molecular flexibility index (Phi) is 4.02. The first-order chi connectivity index (χ1) is 9.60. The van der Waals surface area contributed by atoms with E-state index in [1.165, 1.54) is 0 Å². The van der Waals surface area contributed by atoms with E-state index in [0.717, 1.165) is 51.8 Å². The van der Waals surface area contributed by atoms with Crippen molar-refractivity contribution in [1.29, 1.82) is 0 Å². The maximum Gasteiger partial charge on any atom is 0.325 e. The van der Waals surface area contributed by atoms with Gasteiger partial charge in [0, 0.05) is 32.3 Å². The molecule has 0 aromatic carbocycles. The number of hydrogen-bond donors (Lipinski definition) is 2. The Labute approximate surface area is 120 Å². The van der Waals surface area contributed by atoms with Gasteiger partial charge < -0.3 is 9.84 Å². The van der Waals surface area contributed by atoms with Gasteiger partial charge in [-0.1, -0.05) is 0 Å². The molecule has 0 radical (unpaired) electrons. The predicted molar refractivity (Wildman–Crippen MR) is 75.7 cm³/mol. The summed E-state index contributed by atoms with van der Waals surface area (Å²) < 4.78 is 5.67. The van der Waals surface area contributed by atoms with Crippen molar-refractivity contribution in [2.45, 2.75) is 56.7 Å².